The minimum Gasteiger partial charge on any atom is -0.303 e. The Morgan fingerprint density at radius 3 is 2.42 bits per heavy atom. The van der Waals surface area contributed by atoms with Gasteiger partial charge in [-0.05, 0) is 31.8 Å². The van der Waals surface area contributed by atoms with Gasteiger partial charge in [0.15, 0.2) is 0 Å². The molecule has 0 unspecified atom stereocenters. The van der Waals surface area contributed by atoms with Gasteiger partial charge < -0.3 is 4.90 Å². The molecule has 0 spiro atoms. The molecule has 1 heteroatoms. The zero-order valence-electron chi connectivity index (χ0n) is 8.21. The molecule has 1 nitrogen and oxygen atoms in total. The third kappa shape index (κ3) is 2.87. The third-order valence-corrected chi connectivity index (χ3v) is 2.45. The molecule has 0 aromatic heterocycles. The summed E-state index contributed by atoms with van der Waals surface area (Å²) in [5.41, 5.74) is 0. The number of hydrogen-bond acceptors (Lipinski definition) is 1. The second kappa shape index (κ2) is 4.52. The molecule has 0 radical (unpaired) electrons. The first kappa shape index (κ1) is 9.61. The van der Waals surface area contributed by atoms with E-state index in [0.717, 1.165) is 5.92 Å². The van der Waals surface area contributed by atoms with Crippen molar-refractivity contribution in [3.05, 3.63) is 0 Å². The number of rotatable bonds is 2. The normalized spacial score (nSPS) is 21.2. The van der Waals surface area contributed by atoms with Gasteiger partial charge in [0.2, 0.25) is 0 Å². The number of piperidine rings is 1. The van der Waals surface area contributed by atoms with Crippen LogP contribution in [0.5, 0.6) is 0 Å². The van der Waals surface area contributed by atoms with Crippen LogP contribution in [0.3, 0.4) is 0 Å². The largest absolute Gasteiger partial charge is 0.303 e. The lowest BCUT2D eigenvalue weighted by atomic mass is 9.97. The molecule has 1 saturated heterocycles. The van der Waals surface area contributed by atoms with Crippen molar-refractivity contribution in [2.75, 3.05) is 19.6 Å². The van der Waals surface area contributed by atoms with Gasteiger partial charge in [-0.1, -0.05) is 13.8 Å². The molecule has 0 aromatic carbocycles. The van der Waals surface area contributed by atoms with Crippen molar-refractivity contribution in [3.63, 3.8) is 0 Å². The van der Waals surface area contributed by atoms with Crippen LogP contribution in [0.15, 0.2) is 0 Å². The molecule has 0 saturated carbocycles. The minimum atomic E-state index is 0.549. The highest BCUT2D eigenvalue weighted by Crippen LogP contribution is 2.16. The Labute approximate surface area is 76.1 Å². The van der Waals surface area contributed by atoms with E-state index in [0.29, 0.717) is 5.92 Å². The number of hydrogen-bond donors (Lipinski definition) is 0. The van der Waals surface area contributed by atoms with Crippen LogP contribution in [0, 0.1) is 24.2 Å². The molecule has 0 aliphatic carbocycles. The van der Waals surface area contributed by atoms with Crippen LogP contribution in [0.2, 0.25) is 0 Å². The van der Waals surface area contributed by atoms with E-state index in [9.17, 15) is 0 Å². The van der Waals surface area contributed by atoms with E-state index < -0.39 is 0 Å². The van der Waals surface area contributed by atoms with E-state index in [2.05, 4.69) is 24.7 Å². The number of nitrogens with zero attached hydrogens (tertiary/aromatic N) is 1. The maximum Gasteiger partial charge on any atom is 0.0224 e. The smallest absolute Gasteiger partial charge is 0.0224 e. The second-order valence-corrected chi connectivity index (χ2v) is 4.14. The van der Waals surface area contributed by atoms with Crippen molar-refractivity contribution >= 4 is 0 Å². The molecule has 0 atom stereocenters. The Balaban J connectivity index is 2.23. The summed E-state index contributed by atoms with van der Waals surface area (Å²) in [7, 11) is 0. The van der Waals surface area contributed by atoms with Gasteiger partial charge in [-0.3, -0.25) is 0 Å². The predicted octanol–water partition coefficient (Wildman–Crippen LogP) is 1.99. The van der Waals surface area contributed by atoms with Gasteiger partial charge >= 0.3 is 0 Å². The van der Waals surface area contributed by atoms with E-state index in [1.165, 1.54) is 32.5 Å². The molecule has 0 bridgehead atoms. The van der Waals surface area contributed by atoms with E-state index >= 15 is 0 Å². The molecule has 1 heterocycles. The first-order valence-corrected chi connectivity index (χ1v) is 4.91. The lowest BCUT2D eigenvalue weighted by Gasteiger charge is -2.30. The molecule has 1 aliphatic rings. The second-order valence-electron chi connectivity index (χ2n) is 4.14. The molecule has 0 N–H and O–H groups in total. The molecule has 1 aliphatic heterocycles. The van der Waals surface area contributed by atoms with Gasteiger partial charge in [-0.25, -0.2) is 0 Å². The van der Waals surface area contributed by atoms with E-state index in [-0.39, 0.29) is 0 Å². The van der Waals surface area contributed by atoms with Gasteiger partial charge in [0.25, 0.3) is 0 Å². The molecular weight excluding hydrogens is 146 g/mol. The average molecular weight is 165 g/mol. The predicted molar refractivity (Wildman–Crippen MR) is 52.8 cm³/mol. The highest BCUT2D eigenvalue weighted by Gasteiger charge is 2.17. The fraction of sp³-hybridized carbons (Fsp3) is 0.818. The van der Waals surface area contributed by atoms with Crippen LogP contribution < -0.4 is 0 Å². The molecule has 0 aromatic rings. The summed E-state index contributed by atoms with van der Waals surface area (Å²) < 4.78 is 0. The molecule has 0 amide bonds. The van der Waals surface area contributed by atoms with Gasteiger partial charge in [0.05, 0.1) is 0 Å². The van der Waals surface area contributed by atoms with Crippen molar-refractivity contribution in [2.24, 2.45) is 11.8 Å². The summed E-state index contributed by atoms with van der Waals surface area (Å²) in [5.74, 6) is 4.19. The van der Waals surface area contributed by atoms with E-state index in [1.54, 1.807) is 0 Å². The minimum absolute atomic E-state index is 0.549. The fourth-order valence-electron chi connectivity index (χ4n) is 1.80. The third-order valence-electron chi connectivity index (χ3n) is 2.45. The van der Waals surface area contributed by atoms with Crippen molar-refractivity contribution in [1.82, 2.24) is 4.90 Å². The standard InChI is InChI=1S/C11H19N/c1-4-11-5-7-12(8-6-11)9-10(2)3/h1,10-11H,5-9H2,2-3H3. The first-order valence-electron chi connectivity index (χ1n) is 4.91. The van der Waals surface area contributed by atoms with Crippen LogP contribution in [0.4, 0.5) is 0 Å². The Morgan fingerprint density at radius 2 is 2.00 bits per heavy atom. The summed E-state index contributed by atoms with van der Waals surface area (Å²) in [6, 6.07) is 0. The Bertz CT molecular complexity index is 158. The summed E-state index contributed by atoms with van der Waals surface area (Å²) >= 11 is 0. The zero-order valence-corrected chi connectivity index (χ0v) is 8.21. The molecule has 1 fully saturated rings. The van der Waals surface area contributed by atoms with Crippen LogP contribution in [0.25, 0.3) is 0 Å². The van der Waals surface area contributed by atoms with Crippen molar-refractivity contribution in [1.29, 1.82) is 0 Å². The van der Waals surface area contributed by atoms with Crippen LogP contribution in [0.1, 0.15) is 26.7 Å². The Morgan fingerprint density at radius 1 is 1.42 bits per heavy atom. The van der Waals surface area contributed by atoms with Crippen molar-refractivity contribution in [3.8, 4) is 12.3 Å². The number of likely N-dealkylation sites (tertiary alicyclic amines) is 1. The van der Waals surface area contributed by atoms with Crippen LogP contribution in [-0.4, -0.2) is 24.5 Å². The molecule has 12 heavy (non-hydrogen) atoms. The van der Waals surface area contributed by atoms with Crippen LogP contribution >= 0.6 is 0 Å². The molecular formula is C11H19N. The first-order chi connectivity index (χ1) is 5.72. The highest BCUT2D eigenvalue weighted by molar-refractivity contribution is 4.95. The monoisotopic (exact) mass is 165 g/mol. The van der Waals surface area contributed by atoms with Crippen molar-refractivity contribution < 1.29 is 0 Å². The van der Waals surface area contributed by atoms with E-state index in [4.69, 9.17) is 6.42 Å². The summed E-state index contributed by atoms with van der Waals surface area (Å²) in [4.78, 5) is 2.53. The van der Waals surface area contributed by atoms with Crippen LogP contribution in [-0.2, 0) is 0 Å². The average Bonchev–Trinajstić information content (AvgIpc) is 2.05. The SMILES string of the molecule is C#CC1CCN(CC(C)C)CC1. The fourth-order valence-corrected chi connectivity index (χ4v) is 1.80. The lowest BCUT2D eigenvalue weighted by molar-refractivity contribution is 0.187. The van der Waals surface area contributed by atoms with Gasteiger partial charge in [0, 0.05) is 12.5 Å². The molecule has 1 rings (SSSR count). The summed E-state index contributed by atoms with van der Waals surface area (Å²) in [5, 5.41) is 0. The van der Waals surface area contributed by atoms with Gasteiger partial charge in [-0.15, -0.1) is 12.3 Å². The Kier molecular flexibility index (Phi) is 3.62. The van der Waals surface area contributed by atoms with Crippen molar-refractivity contribution in [2.45, 2.75) is 26.7 Å². The summed E-state index contributed by atoms with van der Waals surface area (Å²) in [6.07, 6.45) is 7.78. The number of terminal acetylenes is 1. The summed E-state index contributed by atoms with van der Waals surface area (Å²) in [6.45, 7) is 8.18. The highest BCUT2D eigenvalue weighted by atomic mass is 15.1. The van der Waals surface area contributed by atoms with Gasteiger partial charge in [0.1, 0.15) is 0 Å². The topological polar surface area (TPSA) is 3.24 Å². The van der Waals surface area contributed by atoms with Gasteiger partial charge in [-0.2, -0.15) is 0 Å². The zero-order chi connectivity index (χ0) is 8.97. The Hall–Kier alpha value is -0.480. The maximum atomic E-state index is 5.38. The molecule has 68 valence electrons. The quantitative estimate of drug-likeness (QED) is 0.566. The van der Waals surface area contributed by atoms with E-state index in [1.807, 2.05) is 0 Å². The maximum absolute atomic E-state index is 5.38. The lowest BCUT2D eigenvalue weighted by Crippen LogP contribution is -2.35.